The predicted molar refractivity (Wildman–Crippen MR) is 40.1 cm³/mol. The first-order chi connectivity index (χ1) is 5.70. The fraction of sp³-hybridized carbons (Fsp3) is 0.500. The smallest absolute Gasteiger partial charge is 0.271 e. The molecule has 1 amide bonds. The fourth-order valence-corrected chi connectivity index (χ4v) is 0.535. The van der Waals surface area contributed by atoms with E-state index in [4.69, 9.17) is 4.84 Å². The lowest BCUT2D eigenvalue weighted by atomic mass is 10.5. The van der Waals surface area contributed by atoms with Gasteiger partial charge < -0.3 is 0 Å². The largest absolute Gasteiger partial charge is 0.312 e. The Morgan fingerprint density at radius 2 is 2.50 bits per heavy atom. The van der Waals surface area contributed by atoms with Gasteiger partial charge in [0.05, 0.1) is 6.10 Å². The van der Waals surface area contributed by atoms with Crippen LogP contribution < -0.4 is 5.48 Å². The number of amides is 1. The standard InChI is InChI=1S/C6H10N4O2/c1-4(2)12-10-6(11)5-7-3-8-9-5/h3-4H,1-2H3,(H,10,11)(H,7,8,9). The minimum absolute atomic E-state index is 0.0585. The van der Waals surface area contributed by atoms with Gasteiger partial charge in [0.25, 0.3) is 0 Å². The number of aromatic nitrogens is 3. The molecule has 12 heavy (non-hydrogen) atoms. The molecule has 0 aliphatic rings. The number of carbonyl (C=O) groups is 1. The Labute approximate surface area is 69.3 Å². The minimum atomic E-state index is -0.429. The predicted octanol–water partition coefficient (Wildman–Crippen LogP) is -0.126. The second kappa shape index (κ2) is 3.82. The highest BCUT2D eigenvalue weighted by Crippen LogP contribution is 1.87. The molecule has 0 aromatic carbocycles. The summed E-state index contributed by atoms with van der Waals surface area (Å²) in [4.78, 5) is 19.5. The van der Waals surface area contributed by atoms with Crippen LogP contribution in [0.1, 0.15) is 24.5 Å². The van der Waals surface area contributed by atoms with Gasteiger partial charge in [-0.1, -0.05) is 0 Å². The van der Waals surface area contributed by atoms with Crippen LogP contribution in [0.5, 0.6) is 0 Å². The van der Waals surface area contributed by atoms with Gasteiger partial charge >= 0.3 is 5.91 Å². The van der Waals surface area contributed by atoms with Crippen molar-refractivity contribution < 1.29 is 9.63 Å². The lowest BCUT2D eigenvalue weighted by Crippen LogP contribution is -2.27. The monoisotopic (exact) mass is 170 g/mol. The summed E-state index contributed by atoms with van der Waals surface area (Å²) in [5.74, 6) is -0.295. The van der Waals surface area contributed by atoms with Crippen molar-refractivity contribution in [2.75, 3.05) is 0 Å². The molecule has 0 fully saturated rings. The van der Waals surface area contributed by atoms with E-state index < -0.39 is 5.91 Å². The number of rotatable bonds is 3. The van der Waals surface area contributed by atoms with Gasteiger partial charge in [-0.25, -0.2) is 10.5 Å². The van der Waals surface area contributed by atoms with Crippen LogP contribution >= 0.6 is 0 Å². The van der Waals surface area contributed by atoms with Crippen LogP contribution in [0, 0.1) is 0 Å². The zero-order valence-corrected chi connectivity index (χ0v) is 6.87. The Morgan fingerprint density at radius 3 is 3.00 bits per heavy atom. The summed E-state index contributed by atoms with van der Waals surface area (Å²) in [6.45, 7) is 3.61. The number of carbonyl (C=O) groups excluding carboxylic acids is 1. The molecule has 0 radical (unpaired) electrons. The van der Waals surface area contributed by atoms with Crippen LogP contribution in [0.4, 0.5) is 0 Å². The topological polar surface area (TPSA) is 79.9 Å². The minimum Gasteiger partial charge on any atom is -0.271 e. The van der Waals surface area contributed by atoms with Crippen LogP contribution in [0.25, 0.3) is 0 Å². The van der Waals surface area contributed by atoms with Crippen LogP contribution in [0.2, 0.25) is 0 Å². The van der Waals surface area contributed by atoms with Gasteiger partial charge in [0, 0.05) is 0 Å². The summed E-state index contributed by atoms with van der Waals surface area (Å²) in [6, 6.07) is 0. The van der Waals surface area contributed by atoms with Crippen molar-refractivity contribution in [3.63, 3.8) is 0 Å². The average Bonchev–Trinajstić information content (AvgIpc) is 2.51. The zero-order valence-electron chi connectivity index (χ0n) is 6.87. The van der Waals surface area contributed by atoms with Gasteiger partial charge in [-0.2, -0.15) is 5.10 Å². The molecule has 0 saturated carbocycles. The molecule has 0 atom stereocenters. The van der Waals surface area contributed by atoms with Crippen LogP contribution in [0.3, 0.4) is 0 Å². The van der Waals surface area contributed by atoms with Crippen LogP contribution in [-0.4, -0.2) is 27.2 Å². The third-order valence-electron chi connectivity index (χ3n) is 1.02. The second-order valence-electron chi connectivity index (χ2n) is 2.43. The van der Waals surface area contributed by atoms with Gasteiger partial charge in [-0.05, 0) is 13.8 Å². The summed E-state index contributed by atoms with van der Waals surface area (Å²) in [5, 5.41) is 5.93. The van der Waals surface area contributed by atoms with Crippen molar-refractivity contribution in [1.29, 1.82) is 0 Å². The highest BCUT2D eigenvalue weighted by molar-refractivity contribution is 5.89. The van der Waals surface area contributed by atoms with E-state index >= 15 is 0 Å². The molecule has 0 saturated heterocycles. The van der Waals surface area contributed by atoms with E-state index in [1.54, 1.807) is 13.8 Å². The van der Waals surface area contributed by atoms with E-state index in [1.807, 2.05) is 0 Å². The molecule has 1 rings (SSSR count). The first kappa shape index (κ1) is 8.66. The number of hydrogen-bond acceptors (Lipinski definition) is 4. The normalized spacial score (nSPS) is 10.2. The molecule has 2 N–H and O–H groups in total. The van der Waals surface area contributed by atoms with E-state index in [0.717, 1.165) is 0 Å². The van der Waals surface area contributed by atoms with Crippen molar-refractivity contribution >= 4 is 5.91 Å². The Bertz CT molecular complexity index is 244. The highest BCUT2D eigenvalue weighted by Gasteiger charge is 2.08. The SMILES string of the molecule is CC(C)ONC(=O)c1ncn[nH]1. The second-order valence-corrected chi connectivity index (χ2v) is 2.43. The Balaban J connectivity index is 2.40. The maximum Gasteiger partial charge on any atom is 0.312 e. The molecule has 0 spiro atoms. The van der Waals surface area contributed by atoms with E-state index in [1.165, 1.54) is 6.33 Å². The van der Waals surface area contributed by atoms with Gasteiger partial charge in [0.2, 0.25) is 5.82 Å². The van der Waals surface area contributed by atoms with E-state index in [0.29, 0.717) is 0 Å². The quantitative estimate of drug-likeness (QED) is 0.619. The molecule has 66 valence electrons. The summed E-state index contributed by atoms with van der Waals surface area (Å²) in [7, 11) is 0. The van der Waals surface area contributed by atoms with Crippen molar-refractivity contribution in [1.82, 2.24) is 20.7 Å². The van der Waals surface area contributed by atoms with Gasteiger partial charge in [0.15, 0.2) is 0 Å². The highest BCUT2D eigenvalue weighted by atomic mass is 16.7. The van der Waals surface area contributed by atoms with Crippen molar-refractivity contribution in [3.8, 4) is 0 Å². The first-order valence-corrected chi connectivity index (χ1v) is 3.51. The Hall–Kier alpha value is -1.43. The molecular formula is C6H10N4O2. The number of H-pyrrole nitrogens is 1. The summed E-state index contributed by atoms with van der Waals surface area (Å²) in [5.41, 5.74) is 2.21. The lowest BCUT2D eigenvalue weighted by Gasteiger charge is -2.05. The molecule has 0 aliphatic carbocycles. The van der Waals surface area contributed by atoms with Gasteiger partial charge in [-0.3, -0.25) is 14.7 Å². The number of hydroxylamine groups is 1. The summed E-state index contributed by atoms with van der Waals surface area (Å²) in [6.07, 6.45) is 1.20. The Kier molecular flexibility index (Phi) is 2.76. The summed E-state index contributed by atoms with van der Waals surface area (Å²) < 4.78 is 0. The lowest BCUT2D eigenvalue weighted by molar-refractivity contribution is -0.000463. The molecular weight excluding hydrogens is 160 g/mol. The zero-order chi connectivity index (χ0) is 8.97. The molecule has 1 aromatic heterocycles. The van der Waals surface area contributed by atoms with E-state index in [9.17, 15) is 4.79 Å². The maximum atomic E-state index is 11.0. The number of aromatic amines is 1. The van der Waals surface area contributed by atoms with Crippen molar-refractivity contribution in [2.24, 2.45) is 0 Å². The first-order valence-electron chi connectivity index (χ1n) is 3.51. The maximum absolute atomic E-state index is 11.0. The third-order valence-corrected chi connectivity index (χ3v) is 1.02. The third kappa shape index (κ3) is 2.31. The van der Waals surface area contributed by atoms with E-state index in [-0.39, 0.29) is 11.9 Å². The molecule has 1 aromatic rings. The van der Waals surface area contributed by atoms with Gasteiger partial charge in [-0.15, -0.1) is 0 Å². The molecule has 1 heterocycles. The molecule has 6 heteroatoms. The van der Waals surface area contributed by atoms with Crippen molar-refractivity contribution in [2.45, 2.75) is 20.0 Å². The number of nitrogens with zero attached hydrogens (tertiary/aromatic N) is 2. The van der Waals surface area contributed by atoms with Crippen molar-refractivity contribution in [3.05, 3.63) is 12.2 Å². The average molecular weight is 170 g/mol. The molecule has 0 bridgehead atoms. The molecule has 6 nitrogen and oxygen atoms in total. The summed E-state index contributed by atoms with van der Waals surface area (Å²) >= 11 is 0. The fourth-order valence-electron chi connectivity index (χ4n) is 0.535. The van der Waals surface area contributed by atoms with E-state index in [2.05, 4.69) is 20.7 Å². The van der Waals surface area contributed by atoms with Crippen LogP contribution in [0.15, 0.2) is 6.33 Å². The number of hydrogen-bond donors (Lipinski definition) is 2. The molecule has 0 unspecified atom stereocenters. The Morgan fingerprint density at radius 1 is 1.75 bits per heavy atom. The number of nitrogens with one attached hydrogen (secondary N) is 2. The van der Waals surface area contributed by atoms with Crippen LogP contribution in [-0.2, 0) is 4.84 Å². The van der Waals surface area contributed by atoms with Gasteiger partial charge in [0.1, 0.15) is 6.33 Å². The molecule has 0 aliphatic heterocycles.